The number of alkyl halides is 4. The van der Waals surface area contributed by atoms with Crippen molar-refractivity contribution < 1.29 is 60.7 Å². The van der Waals surface area contributed by atoms with Gasteiger partial charge in [-0.3, -0.25) is 0 Å². The number of halogens is 10. The van der Waals surface area contributed by atoms with Crippen LogP contribution >= 0.6 is 0 Å². The summed E-state index contributed by atoms with van der Waals surface area (Å²) < 4.78 is 165. The van der Waals surface area contributed by atoms with Crippen LogP contribution in [0.25, 0.3) is 0 Å². The topological polar surface area (TPSA) is 80.3 Å². The number of nitrogens with one attached hydrogen (secondary N) is 1. The van der Waals surface area contributed by atoms with Gasteiger partial charge in [-0.25, -0.2) is 16.8 Å². The third-order valence-electron chi connectivity index (χ3n) is 1.74. The van der Waals surface area contributed by atoms with Crippen LogP contribution in [0.1, 0.15) is 0 Å². The normalized spacial score (nSPS) is 13.7. The van der Waals surface area contributed by atoms with Crippen LogP contribution in [-0.2, 0) is 20.0 Å². The zero-order valence-electron chi connectivity index (χ0n) is 9.73. The molecule has 0 radical (unpaired) electrons. The summed E-state index contributed by atoms with van der Waals surface area (Å²) in [6.45, 7) is 0. The van der Waals surface area contributed by atoms with E-state index in [2.05, 4.69) is 0 Å². The number of rotatable bonds is 6. The van der Waals surface area contributed by atoms with Gasteiger partial charge in [0.1, 0.15) is 0 Å². The highest BCUT2D eigenvalue weighted by Crippen LogP contribution is 2.38. The summed E-state index contributed by atoms with van der Waals surface area (Å²) in [5, 5.41) is -12.8. The van der Waals surface area contributed by atoms with Gasteiger partial charge in [-0.15, -0.1) is 0 Å². The number of sulfonamides is 2. The van der Waals surface area contributed by atoms with E-state index in [0.29, 0.717) is 0 Å². The summed E-state index contributed by atoms with van der Waals surface area (Å²) in [6, 6.07) is 0. The highest BCUT2D eigenvalue weighted by molar-refractivity contribution is 8.05. The van der Waals surface area contributed by atoms with Gasteiger partial charge in [-0.05, 0) is 0 Å². The summed E-state index contributed by atoms with van der Waals surface area (Å²) in [5.41, 5.74) is 0. The molecule has 1 N–H and O–H groups in total. The molecule has 136 valence electrons. The van der Waals surface area contributed by atoms with Crippen molar-refractivity contribution in [2.45, 2.75) is 10.5 Å². The van der Waals surface area contributed by atoms with Gasteiger partial charge in [-0.1, -0.05) is 4.13 Å². The fourth-order valence-corrected chi connectivity index (χ4v) is 3.32. The molecule has 0 unspecified atom stereocenters. The first-order chi connectivity index (χ1) is 9.92. The SMILES string of the molecule is O=S(=O)(NS(=O)(=O)C(F)(F)C(F)=C(F)F)C(F)(F)C(F)=C(F)F. The van der Waals surface area contributed by atoms with Crippen molar-refractivity contribution in [1.29, 1.82) is 0 Å². The fourth-order valence-electron chi connectivity index (χ4n) is 0.705. The smallest absolute Gasteiger partial charge is 0.205 e. The molecule has 0 bridgehead atoms. The van der Waals surface area contributed by atoms with Crippen molar-refractivity contribution >= 4 is 20.0 Å². The molecule has 0 aromatic rings. The van der Waals surface area contributed by atoms with Crippen molar-refractivity contribution in [1.82, 2.24) is 4.13 Å². The Morgan fingerprint density at radius 1 is 0.609 bits per heavy atom. The lowest BCUT2D eigenvalue weighted by Gasteiger charge is -2.18. The van der Waals surface area contributed by atoms with Crippen molar-refractivity contribution in [3.63, 3.8) is 0 Å². The van der Waals surface area contributed by atoms with Crippen LogP contribution in [0.4, 0.5) is 43.9 Å². The summed E-state index contributed by atoms with van der Waals surface area (Å²) in [5.74, 6) is -8.06. The van der Waals surface area contributed by atoms with Crippen molar-refractivity contribution in [2.75, 3.05) is 0 Å². The predicted molar refractivity (Wildman–Crippen MR) is 51.6 cm³/mol. The number of hydrogen-bond donors (Lipinski definition) is 1. The van der Waals surface area contributed by atoms with Crippen LogP contribution in [0.3, 0.4) is 0 Å². The molecular weight excluding hydrogens is 404 g/mol. The Labute approximate surface area is 120 Å². The Bertz CT molecular complexity index is 680. The lowest BCUT2D eigenvalue weighted by molar-refractivity contribution is 0.0895. The second-order valence-electron chi connectivity index (χ2n) is 3.27. The van der Waals surface area contributed by atoms with E-state index in [1.165, 1.54) is 0 Å². The molecule has 0 amide bonds. The van der Waals surface area contributed by atoms with E-state index in [0.717, 1.165) is 0 Å². The number of hydrogen-bond acceptors (Lipinski definition) is 4. The first kappa shape index (κ1) is 21.6. The van der Waals surface area contributed by atoms with Gasteiger partial charge >= 0.3 is 22.7 Å². The van der Waals surface area contributed by atoms with E-state index >= 15 is 0 Å². The minimum atomic E-state index is -7.20. The van der Waals surface area contributed by atoms with Gasteiger partial charge in [0.15, 0.2) is 0 Å². The van der Waals surface area contributed by atoms with Crippen molar-refractivity contribution in [3.05, 3.63) is 23.8 Å². The Kier molecular flexibility index (Phi) is 5.90. The molecule has 17 heteroatoms. The van der Waals surface area contributed by atoms with Crippen LogP contribution in [0.5, 0.6) is 0 Å². The Balaban J connectivity index is 6.11. The molecule has 0 fully saturated rings. The van der Waals surface area contributed by atoms with Crippen LogP contribution in [0.2, 0.25) is 0 Å². The monoisotopic (exact) mass is 405 g/mol. The summed E-state index contributed by atoms with van der Waals surface area (Å²) in [6.07, 6.45) is -7.91. The van der Waals surface area contributed by atoms with Crippen LogP contribution in [-0.4, -0.2) is 27.3 Å². The van der Waals surface area contributed by atoms with Gasteiger partial charge in [0.25, 0.3) is 31.7 Å². The van der Waals surface area contributed by atoms with Crippen molar-refractivity contribution in [2.24, 2.45) is 0 Å². The Morgan fingerprint density at radius 2 is 0.826 bits per heavy atom. The molecule has 0 aromatic carbocycles. The van der Waals surface area contributed by atoms with Crippen molar-refractivity contribution in [3.8, 4) is 0 Å². The maximum Gasteiger partial charge on any atom is 0.415 e. The molecule has 0 spiro atoms. The minimum Gasteiger partial charge on any atom is -0.205 e. The molecule has 0 aromatic heterocycles. The summed E-state index contributed by atoms with van der Waals surface area (Å²) in [4.78, 5) is 0. The van der Waals surface area contributed by atoms with E-state index in [1.54, 1.807) is 0 Å². The van der Waals surface area contributed by atoms with Crippen LogP contribution in [0, 0.1) is 0 Å². The fraction of sp³-hybridized carbons (Fsp3) is 0.333. The molecule has 0 aliphatic rings. The second-order valence-corrected chi connectivity index (χ2v) is 6.98. The molecule has 5 nitrogen and oxygen atoms in total. The summed E-state index contributed by atoms with van der Waals surface area (Å²) in [7, 11) is -14.4. The molecule has 0 rings (SSSR count). The minimum absolute atomic E-state index is 0.686. The van der Waals surface area contributed by atoms with Gasteiger partial charge < -0.3 is 0 Å². The highest BCUT2D eigenvalue weighted by Gasteiger charge is 2.60. The molecule has 0 heterocycles. The van der Waals surface area contributed by atoms with E-state index < -0.39 is 58.5 Å². The molecule has 0 saturated carbocycles. The largest absolute Gasteiger partial charge is 0.415 e. The van der Waals surface area contributed by atoms with Crippen LogP contribution < -0.4 is 4.13 Å². The predicted octanol–water partition coefficient (Wildman–Crippen LogP) is 2.58. The van der Waals surface area contributed by atoms with Gasteiger partial charge in [0, 0.05) is 0 Å². The lowest BCUT2D eigenvalue weighted by atomic mass is 10.6. The third kappa shape index (κ3) is 3.94. The average Bonchev–Trinajstić information content (AvgIpc) is 2.34. The summed E-state index contributed by atoms with van der Waals surface area (Å²) >= 11 is 0. The van der Waals surface area contributed by atoms with Gasteiger partial charge in [0.05, 0.1) is 0 Å². The van der Waals surface area contributed by atoms with Crippen LogP contribution in [0.15, 0.2) is 23.8 Å². The Morgan fingerprint density at radius 3 is 1.00 bits per heavy atom. The van der Waals surface area contributed by atoms with E-state index in [-0.39, 0.29) is 0 Å². The quantitative estimate of drug-likeness (QED) is 0.689. The molecule has 0 aliphatic carbocycles. The lowest BCUT2D eigenvalue weighted by Crippen LogP contribution is -2.49. The standard InChI is InChI=1S/C6HF10NO4S2/c7-1(3(9)10)5(13,14)22(18,19)17-23(20,21)6(15,16)2(8)4(11)12/h17H. The maximum absolute atomic E-state index is 12.8. The third-order valence-corrected chi connectivity index (χ3v) is 5.20. The molecule has 23 heavy (non-hydrogen) atoms. The Hall–Kier alpha value is -1.36. The second kappa shape index (κ2) is 6.27. The zero-order valence-corrected chi connectivity index (χ0v) is 11.4. The molecule has 0 aliphatic heterocycles. The molecular formula is C6HF10NO4S2. The van der Waals surface area contributed by atoms with Gasteiger partial charge in [-0.2, -0.15) is 43.9 Å². The maximum atomic E-state index is 12.8. The molecule has 0 saturated heterocycles. The van der Waals surface area contributed by atoms with E-state index in [1.807, 2.05) is 0 Å². The average molecular weight is 405 g/mol. The van der Waals surface area contributed by atoms with E-state index in [9.17, 15) is 60.7 Å². The first-order valence-corrected chi connectivity index (χ1v) is 7.34. The highest BCUT2D eigenvalue weighted by atomic mass is 32.3. The molecule has 0 atom stereocenters. The van der Waals surface area contributed by atoms with E-state index in [4.69, 9.17) is 0 Å². The first-order valence-electron chi connectivity index (χ1n) is 4.37. The van der Waals surface area contributed by atoms with Gasteiger partial charge in [0.2, 0.25) is 0 Å². The zero-order chi connectivity index (χ0) is 19.0.